The van der Waals surface area contributed by atoms with Crippen molar-refractivity contribution in [3.8, 4) is 11.5 Å². The molecule has 1 N–H and O–H groups in total. The molecule has 0 fully saturated rings. The van der Waals surface area contributed by atoms with Crippen LogP contribution >= 0.6 is 15.9 Å². The average molecular weight is 286 g/mol. The number of hydrogen-bond donors (Lipinski definition) is 1. The van der Waals surface area contributed by atoms with Gasteiger partial charge in [-0.1, -0.05) is 15.9 Å². The average Bonchev–Trinajstić information content (AvgIpc) is 2.11. The summed E-state index contributed by atoms with van der Waals surface area (Å²) in [6.07, 6.45) is -3.85. The molecule has 0 spiro atoms. The lowest BCUT2D eigenvalue weighted by molar-refractivity contribution is -0.275. The first-order chi connectivity index (χ1) is 6.85. The molecule has 84 valence electrons. The van der Waals surface area contributed by atoms with Gasteiger partial charge in [0.25, 0.3) is 0 Å². The zero-order valence-electron chi connectivity index (χ0n) is 7.60. The van der Waals surface area contributed by atoms with E-state index >= 15 is 0 Å². The zero-order chi connectivity index (χ0) is 11.6. The summed E-state index contributed by atoms with van der Waals surface area (Å²) in [4.78, 5) is 3.62. The van der Waals surface area contributed by atoms with Crippen molar-refractivity contribution in [2.75, 3.05) is 0 Å². The number of aromatic hydroxyl groups is 1. The van der Waals surface area contributed by atoms with Gasteiger partial charge >= 0.3 is 6.36 Å². The monoisotopic (exact) mass is 285 g/mol. The van der Waals surface area contributed by atoms with E-state index in [4.69, 9.17) is 0 Å². The van der Waals surface area contributed by atoms with Crippen LogP contribution in [-0.4, -0.2) is 16.5 Å². The molecule has 0 aliphatic heterocycles. The fraction of sp³-hybridized carbons (Fsp3) is 0.375. The lowest BCUT2D eigenvalue weighted by atomic mass is 10.2. The number of pyridine rings is 1. The Morgan fingerprint density at radius 3 is 2.60 bits per heavy atom. The fourth-order valence-electron chi connectivity index (χ4n) is 0.953. The van der Waals surface area contributed by atoms with Gasteiger partial charge in [0.05, 0.1) is 11.9 Å². The third kappa shape index (κ3) is 2.98. The largest absolute Gasteiger partial charge is 0.573 e. The second kappa shape index (κ2) is 4.26. The van der Waals surface area contributed by atoms with Crippen molar-refractivity contribution in [3.63, 3.8) is 0 Å². The summed E-state index contributed by atoms with van der Waals surface area (Å²) >= 11 is 3.04. The van der Waals surface area contributed by atoms with Gasteiger partial charge in [0, 0.05) is 10.9 Å². The normalized spacial score (nSPS) is 11.5. The minimum Gasteiger partial charge on any atom is -0.506 e. The van der Waals surface area contributed by atoms with Gasteiger partial charge in [-0.15, -0.1) is 13.2 Å². The highest BCUT2D eigenvalue weighted by molar-refractivity contribution is 9.08. The molecule has 1 rings (SSSR count). The van der Waals surface area contributed by atoms with E-state index in [9.17, 15) is 18.3 Å². The van der Waals surface area contributed by atoms with Gasteiger partial charge in [0.1, 0.15) is 5.75 Å². The summed E-state index contributed by atoms with van der Waals surface area (Å²) in [5.74, 6) is -0.793. The molecular weight excluding hydrogens is 279 g/mol. The molecular formula is C8H7BrF3NO2. The van der Waals surface area contributed by atoms with Crippen LogP contribution in [0, 0.1) is 6.92 Å². The standard InChI is InChI=1S/C8H7BrF3NO2/c1-4-6(15-8(10,11)12)3-13-5(2-9)7(4)14/h3,14H,2H2,1H3. The van der Waals surface area contributed by atoms with Crippen LogP contribution < -0.4 is 4.74 Å². The highest BCUT2D eigenvalue weighted by atomic mass is 79.9. The van der Waals surface area contributed by atoms with E-state index in [0.29, 0.717) is 0 Å². The van der Waals surface area contributed by atoms with Crippen molar-refractivity contribution >= 4 is 15.9 Å². The minimum absolute atomic E-state index is 0.0109. The molecule has 0 atom stereocenters. The van der Waals surface area contributed by atoms with Crippen LogP contribution in [0.1, 0.15) is 11.3 Å². The number of alkyl halides is 4. The lowest BCUT2D eigenvalue weighted by Crippen LogP contribution is -2.18. The summed E-state index contributed by atoms with van der Waals surface area (Å²) in [6, 6.07) is 0. The van der Waals surface area contributed by atoms with E-state index in [2.05, 4.69) is 25.7 Å². The number of ether oxygens (including phenoxy) is 1. The van der Waals surface area contributed by atoms with Crippen molar-refractivity contribution in [1.82, 2.24) is 4.98 Å². The molecule has 3 nitrogen and oxygen atoms in total. The molecule has 1 aromatic heterocycles. The molecule has 0 bridgehead atoms. The molecule has 0 saturated carbocycles. The summed E-state index contributed by atoms with van der Waals surface area (Å²) in [6.45, 7) is 1.32. The predicted octanol–water partition coefficient (Wildman–Crippen LogP) is 2.89. The van der Waals surface area contributed by atoms with E-state index in [1.54, 1.807) is 0 Å². The van der Waals surface area contributed by atoms with Crippen LogP contribution in [0.2, 0.25) is 0 Å². The molecule has 7 heteroatoms. The Hall–Kier alpha value is -0.980. The summed E-state index contributed by atoms with van der Waals surface area (Å²) < 4.78 is 39.4. The number of rotatable bonds is 2. The summed E-state index contributed by atoms with van der Waals surface area (Å²) in [5, 5.41) is 9.69. The molecule has 0 saturated heterocycles. The van der Waals surface area contributed by atoms with Gasteiger partial charge in [0.2, 0.25) is 0 Å². The van der Waals surface area contributed by atoms with Gasteiger partial charge in [0.15, 0.2) is 5.75 Å². The number of aromatic nitrogens is 1. The van der Waals surface area contributed by atoms with Gasteiger partial charge in [-0.25, -0.2) is 0 Å². The molecule has 0 amide bonds. The van der Waals surface area contributed by atoms with Crippen molar-refractivity contribution in [3.05, 3.63) is 17.5 Å². The third-order valence-corrected chi connectivity index (χ3v) is 2.22. The van der Waals surface area contributed by atoms with Crippen LogP contribution in [0.15, 0.2) is 6.20 Å². The maximum atomic E-state index is 11.9. The first-order valence-corrected chi connectivity index (χ1v) is 4.96. The summed E-state index contributed by atoms with van der Waals surface area (Å²) in [7, 11) is 0. The minimum atomic E-state index is -4.78. The SMILES string of the molecule is Cc1c(OC(F)(F)F)cnc(CBr)c1O. The molecule has 0 unspecified atom stereocenters. The van der Waals surface area contributed by atoms with Gasteiger partial charge in [-0.3, -0.25) is 4.98 Å². The Morgan fingerprint density at radius 1 is 1.53 bits per heavy atom. The topological polar surface area (TPSA) is 42.4 Å². The van der Waals surface area contributed by atoms with Crippen LogP contribution in [0.3, 0.4) is 0 Å². The van der Waals surface area contributed by atoms with Crippen molar-refractivity contribution < 1.29 is 23.0 Å². The zero-order valence-corrected chi connectivity index (χ0v) is 9.18. The quantitative estimate of drug-likeness (QED) is 0.850. The molecule has 15 heavy (non-hydrogen) atoms. The second-order valence-electron chi connectivity index (χ2n) is 2.72. The van der Waals surface area contributed by atoms with E-state index in [0.717, 1.165) is 6.20 Å². The Bertz CT molecular complexity index is 368. The highest BCUT2D eigenvalue weighted by Crippen LogP contribution is 2.32. The van der Waals surface area contributed by atoms with Crippen molar-refractivity contribution in [2.45, 2.75) is 18.6 Å². The van der Waals surface area contributed by atoms with Gasteiger partial charge in [-0.2, -0.15) is 0 Å². The van der Waals surface area contributed by atoms with E-state index in [-0.39, 0.29) is 22.3 Å². The predicted molar refractivity (Wildman–Crippen MR) is 50.0 cm³/mol. The van der Waals surface area contributed by atoms with Crippen LogP contribution in [0.25, 0.3) is 0 Å². The molecule has 0 aromatic carbocycles. The number of halogens is 4. The maximum Gasteiger partial charge on any atom is 0.573 e. The Balaban J connectivity index is 3.07. The molecule has 0 aliphatic carbocycles. The fourth-order valence-corrected chi connectivity index (χ4v) is 1.36. The third-order valence-electron chi connectivity index (χ3n) is 1.69. The van der Waals surface area contributed by atoms with Crippen molar-refractivity contribution in [2.24, 2.45) is 0 Å². The molecule has 1 heterocycles. The second-order valence-corrected chi connectivity index (χ2v) is 3.28. The first-order valence-electron chi connectivity index (χ1n) is 3.84. The van der Waals surface area contributed by atoms with Crippen LogP contribution in [0.5, 0.6) is 11.5 Å². The molecule has 1 aromatic rings. The van der Waals surface area contributed by atoms with E-state index in [1.165, 1.54) is 6.92 Å². The Kier molecular flexibility index (Phi) is 3.43. The number of nitrogens with zero attached hydrogens (tertiary/aromatic N) is 1. The number of hydrogen-bond acceptors (Lipinski definition) is 3. The van der Waals surface area contributed by atoms with Crippen LogP contribution in [-0.2, 0) is 5.33 Å². The lowest BCUT2D eigenvalue weighted by Gasteiger charge is -2.12. The first kappa shape index (κ1) is 12.1. The van der Waals surface area contributed by atoms with Crippen LogP contribution in [0.4, 0.5) is 13.2 Å². The van der Waals surface area contributed by atoms with Crippen molar-refractivity contribution in [1.29, 1.82) is 0 Å². The summed E-state index contributed by atoms with van der Waals surface area (Å²) in [5.41, 5.74) is 0.277. The highest BCUT2D eigenvalue weighted by Gasteiger charge is 2.32. The molecule has 0 aliphatic rings. The smallest absolute Gasteiger partial charge is 0.506 e. The Labute approximate surface area is 92.0 Å². The maximum absolute atomic E-state index is 11.9. The molecule has 0 radical (unpaired) electrons. The van der Waals surface area contributed by atoms with E-state index in [1.807, 2.05) is 0 Å². The Morgan fingerprint density at radius 2 is 2.13 bits per heavy atom. The van der Waals surface area contributed by atoms with Gasteiger partial charge < -0.3 is 9.84 Å². The van der Waals surface area contributed by atoms with Gasteiger partial charge in [-0.05, 0) is 6.92 Å². The van der Waals surface area contributed by atoms with E-state index < -0.39 is 12.1 Å².